The van der Waals surface area contributed by atoms with Crippen molar-refractivity contribution in [2.45, 2.75) is 45.1 Å². The molecule has 1 rings (SSSR count). The summed E-state index contributed by atoms with van der Waals surface area (Å²) in [5.41, 5.74) is 5.51. The second-order valence-electron chi connectivity index (χ2n) is 3.85. The Hall–Kier alpha value is -0.640. The van der Waals surface area contributed by atoms with Crippen LogP contribution in [0, 0.1) is 5.92 Å². The predicted molar refractivity (Wildman–Crippen MR) is 61.0 cm³/mol. The molecule has 4 heteroatoms. The van der Waals surface area contributed by atoms with Gasteiger partial charge in [0.15, 0.2) is 0 Å². The second kappa shape index (κ2) is 5.29. The van der Waals surface area contributed by atoms with Crippen molar-refractivity contribution in [3.05, 3.63) is 0 Å². The maximum atomic E-state index is 11.7. The SMILES string of the molecule is CCC(NC(=O)C1CCCC1)C(N)=S. The summed E-state index contributed by atoms with van der Waals surface area (Å²) in [7, 11) is 0. The molecule has 3 N–H and O–H groups in total. The van der Waals surface area contributed by atoms with Crippen LogP contribution in [0.2, 0.25) is 0 Å². The first kappa shape index (κ1) is 11.4. The first-order valence-corrected chi connectivity index (χ1v) is 5.65. The highest BCUT2D eigenvalue weighted by Crippen LogP contribution is 2.24. The zero-order valence-electron chi connectivity index (χ0n) is 8.58. The fourth-order valence-corrected chi connectivity index (χ4v) is 2.08. The van der Waals surface area contributed by atoms with Crippen molar-refractivity contribution in [2.24, 2.45) is 11.7 Å². The summed E-state index contributed by atoms with van der Waals surface area (Å²) in [6.07, 6.45) is 5.14. The van der Waals surface area contributed by atoms with E-state index >= 15 is 0 Å². The van der Waals surface area contributed by atoms with E-state index in [1.165, 1.54) is 12.8 Å². The summed E-state index contributed by atoms with van der Waals surface area (Å²) in [5, 5.41) is 2.90. The van der Waals surface area contributed by atoms with Crippen LogP contribution in [-0.4, -0.2) is 16.9 Å². The van der Waals surface area contributed by atoms with Gasteiger partial charge in [-0.25, -0.2) is 0 Å². The number of carbonyl (C=O) groups is 1. The van der Waals surface area contributed by atoms with Crippen LogP contribution in [0.5, 0.6) is 0 Å². The van der Waals surface area contributed by atoms with Gasteiger partial charge in [0.1, 0.15) is 0 Å². The average Bonchev–Trinajstić information content (AvgIpc) is 2.65. The second-order valence-corrected chi connectivity index (χ2v) is 4.32. The highest BCUT2D eigenvalue weighted by Gasteiger charge is 2.24. The van der Waals surface area contributed by atoms with Crippen LogP contribution in [0.1, 0.15) is 39.0 Å². The molecule has 1 aliphatic carbocycles. The van der Waals surface area contributed by atoms with Crippen molar-refractivity contribution >= 4 is 23.1 Å². The predicted octanol–water partition coefficient (Wildman–Crippen LogP) is 1.36. The van der Waals surface area contributed by atoms with Crippen LogP contribution in [0.3, 0.4) is 0 Å². The number of hydrogen-bond donors (Lipinski definition) is 2. The molecule has 0 aromatic heterocycles. The molecule has 1 amide bonds. The van der Waals surface area contributed by atoms with E-state index in [1.54, 1.807) is 0 Å². The van der Waals surface area contributed by atoms with Crippen molar-refractivity contribution in [1.82, 2.24) is 5.32 Å². The van der Waals surface area contributed by atoms with Gasteiger partial charge in [0.05, 0.1) is 11.0 Å². The lowest BCUT2D eigenvalue weighted by atomic mass is 10.1. The van der Waals surface area contributed by atoms with Gasteiger partial charge in [0, 0.05) is 5.92 Å². The van der Waals surface area contributed by atoms with Crippen LogP contribution in [0.4, 0.5) is 0 Å². The van der Waals surface area contributed by atoms with Crippen LogP contribution >= 0.6 is 12.2 Å². The molecule has 0 spiro atoms. The average molecular weight is 214 g/mol. The molecular formula is C10H18N2OS. The number of rotatable bonds is 4. The highest BCUT2D eigenvalue weighted by molar-refractivity contribution is 7.80. The molecule has 0 aromatic rings. The Bertz CT molecular complexity index is 224. The molecule has 80 valence electrons. The van der Waals surface area contributed by atoms with Gasteiger partial charge in [-0.2, -0.15) is 0 Å². The number of nitrogens with one attached hydrogen (secondary N) is 1. The smallest absolute Gasteiger partial charge is 0.223 e. The Labute approximate surface area is 90.4 Å². The Morgan fingerprint density at radius 1 is 1.57 bits per heavy atom. The Morgan fingerprint density at radius 3 is 2.57 bits per heavy atom. The van der Waals surface area contributed by atoms with E-state index in [4.69, 9.17) is 18.0 Å². The molecule has 0 heterocycles. The summed E-state index contributed by atoms with van der Waals surface area (Å²) >= 11 is 4.87. The standard InChI is InChI=1S/C10H18N2OS/c1-2-8(9(11)14)12-10(13)7-5-3-4-6-7/h7-8H,2-6H2,1H3,(H2,11,14)(H,12,13). The largest absolute Gasteiger partial charge is 0.392 e. The van der Waals surface area contributed by atoms with E-state index in [0.29, 0.717) is 4.99 Å². The van der Waals surface area contributed by atoms with Crippen LogP contribution in [-0.2, 0) is 4.79 Å². The van der Waals surface area contributed by atoms with E-state index in [9.17, 15) is 4.79 Å². The highest BCUT2D eigenvalue weighted by atomic mass is 32.1. The maximum absolute atomic E-state index is 11.7. The third kappa shape index (κ3) is 2.94. The third-order valence-corrected chi connectivity index (χ3v) is 3.08. The van der Waals surface area contributed by atoms with Crippen LogP contribution in [0.15, 0.2) is 0 Å². The normalized spacial score (nSPS) is 19.2. The molecule has 0 radical (unpaired) electrons. The Balaban J connectivity index is 2.41. The van der Waals surface area contributed by atoms with Gasteiger partial charge < -0.3 is 11.1 Å². The van der Waals surface area contributed by atoms with Gasteiger partial charge in [-0.3, -0.25) is 4.79 Å². The van der Waals surface area contributed by atoms with Crippen molar-refractivity contribution in [3.8, 4) is 0 Å². The van der Waals surface area contributed by atoms with E-state index < -0.39 is 0 Å². The lowest BCUT2D eigenvalue weighted by molar-refractivity contribution is -0.125. The first-order valence-electron chi connectivity index (χ1n) is 5.24. The summed E-state index contributed by atoms with van der Waals surface area (Å²) in [6, 6.07) is -0.127. The maximum Gasteiger partial charge on any atom is 0.223 e. The number of hydrogen-bond acceptors (Lipinski definition) is 2. The molecule has 1 aliphatic rings. The summed E-state index contributed by atoms with van der Waals surface area (Å²) in [4.78, 5) is 12.1. The number of nitrogens with two attached hydrogens (primary N) is 1. The fourth-order valence-electron chi connectivity index (χ4n) is 1.85. The number of thiocarbonyl (C=S) groups is 1. The Morgan fingerprint density at radius 2 is 2.14 bits per heavy atom. The molecule has 0 saturated heterocycles. The molecular weight excluding hydrogens is 196 g/mol. The third-order valence-electron chi connectivity index (χ3n) is 2.79. The van der Waals surface area contributed by atoms with Gasteiger partial charge in [-0.1, -0.05) is 32.0 Å². The monoisotopic (exact) mass is 214 g/mol. The van der Waals surface area contributed by atoms with Gasteiger partial charge in [0.25, 0.3) is 0 Å². The first-order chi connectivity index (χ1) is 6.65. The number of amides is 1. The van der Waals surface area contributed by atoms with Crippen LogP contribution < -0.4 is 11.1 Å². The van der Waals surface area contributed by atoms with E-state index in [-0.39, 0.29) is 17.9 Å². The minimum atomic E-state index is -0.127. The molecule has 1 atom stereocenters. The topological polar surface area (TPSA) is 55.1 Å². The van der Waals surface area contributed by atoms with Crippen molar-refractivity contribution in [2.75, 3.05) is 0 Å². The minimum Gasteiger partial charge on any atom is -0.392 e. The van der Waals surface area contributed by atoms with Gasteiger partial charge >= 0.3 is 0 Å². The lowest BCUT2D eigenvalue weighted by Crippen LogP contribution is -2.45. The molecule has 1 fully saturated rings. The molecule has 0 aliphatic heterocycles. The van der Waals surface area contributed by atoms with Crippen molar-refractivity contribution < 1.29 is 4.79 Å². The summed E-state index contributed by atoms with van der Waals surface area (Å²) in [6.45, 7) is 1.97. The summed E-state index contributed by atoms with van der Waals surface area (Å²) in [5.74, 6) is 0.320. The molecule has 0 bridgehead atoms. The molecule has 0 aromatic carbocycles. The molecule has 1 saturated carbocycles. The van der Waals surface area contributed by atoms with Crippen molar-refractivity contribution in [1.29, 1.82) is 0 Å². The molecule has 1 unspecified atom stereocenters. The van der Waals surface area contributed by atoms with Gasteiger partial charge in [-0.05, 0) is 19.3 Å². The zero-order chi connectivity index (χ0) is 10.6. The fraction of sp³-hybridized carbons (Fsp3) is 0.800. The van der Waals surface area contributed by atoms with Crippen LogP contribution in [0.25, 0.3) is 0 Å². The number of carbonyl (C=O) groups excluding carboxylic acids is 1. The van der Waals surface area contributed by atoms with Crippen molar-refractivity contribution in [3.63, 3.8) is 0 Å². The minimum absolute atomic E-state index is 0.127. The van der Waals surface area contributed by atoms with E-state index in [2.05, 4.69) is 5.32 Å². The van der Waals surface area contributed by atoms with Gasteiger partial charge in [0.2, 0.25) is 5.91 Å². The quantitative estimate of drug-likeness (QED) is 0.695. The van der Waals surface area contributed by atoms with E-state index in [0.717, 1.165) is 19.3 Å². The van der Waals surface area contributed by atoms with E-state index in [1.807, 2.05) is 6.92 Å². The molecule has 14 heavy (non-hydrogen) atoms. The van der Waals surface area contributed by atoms with Gasteiger partial charge in [-0.15, -0.1) is 0 Å². The Kier molecular flexibility index (Phi) is 4.32. The summed E-state index contributed by atoms with van der Waals surface area (Å²) < 4.78 is 0. The zero-order valence-corrected chi connectivity index (χ0v) is 9.40. The molecule has 3 nitrogen and oxygen atoms in total. The lowest BCUT2D eigenvalue weighted by Gasteiger charge is -2.18.